The van der Waals surface area contributed by atoms with Crippen LogP contribution >= 0.6 is 0 Å². The summed E-state index contributed by atoms with van der Waals surface area (Å²) in [4.78, 5) is 4.02. The zero-order valence-electron chi connectivity index (χ0n) is 15.8. The second kappa shape index (κ2) is 6.17. The summed E-state index contributed by atoms with van der Waals surface area (Å²) in [6.45, 7) is 14.5. The lowest BCUT2D eigenvalue weighted by Crippen LogP contribution is -2.57. The van der Waals surface area contributed by atoms with E-state index in [0.717, 1.165) is 5.56 Å². The van der Waals surface area contributed by atoms with Crippen molar-refractivity contribution in [1.29, 1.82) is 0 Å². The Kier molecular flexibility index (Phi) is 4.87. The molecule has 1 aromatic rings. The van der Waals surface area contributed by atoms with Gasteiger partial charge in [-0.05, 0) is 44.1 Å². The maximum atomic E-state index is 10.9. The molecule has 134 valence electrons. The molecule has 0 saturated carbocycles. The Bertz CT molecular complexity index is 635. The number of pyridine rings is 1. The third-order valence-electron chi connectivity index (χ3n) is 5.35. The van der Waals surface area contributed by atoms with Gasteiger partial charge >= 0.3 is 0 Å². The summed E-state index contributed by atoms with van der Waals surface area (Å²) < 4.78 is 12.4. The summed E-state index contributed by atoms with van der Waals surface area (Å²) in [7, 11) is -2.06. The lowest BCUT2D eigenvalue weighted by atomic mass is 9.89. The Labute approximate surface area is 146 Å². The SMILES string of the molecule is CC1OC(c2ccncc2N)=CC(O[Si](C)(C)C(C)(C)C)C1(C)O. The van der Waals surface area contributed by atoms with E-state index in [0.29, 0.717) is 11.4 Å². The second-order valence-corrected chi connectivity index (χ2v) is 13.0. The minimum Gasteiger partial charge on any atom is -0.487 e. The Morgan fingerprint density at radius 3 is 2.54 bits per heavy atom. The summed E-state index contributed by atoms with van der Waals surface area (Å²) in [5.74, 6) is 0.637. The van der Waals surface area contributed by atoms with Crippen LogP contribution in [0.1, 0.15) is 40.2 Å². The van der Waals surface area contributed by atoms with E-state index in [1.165, 1.54) is 0 Å². The molecule has 2 rings (SSSR count). The van der Waals surface area contributed by atoms with Crippen LogP contribution in [-0.2, 0) is 9.16 Å². The average molecular weight is 351 g/mol. The van der Waals surface area contributed by atoms with E-state index in [2.05, 4.69) is 38.8 Å². The number of rotatable bonds is 3. The van der Waals surface area contributed by atoms with Crippen LogP contribution in [0.4, 0.5) is 5.69 Å². The van der Waals surface area contributed by atoms with Crippen LogP contribution < -0.4 is 5.73 Å². The molecule has 2 heterocycles. The van der Waals surface area contributed by atoms with Crippen molar-refractivity contribution in [3.05, 3.63) is 30.1 Å². The van der Waals surface area contributed by atoms with Gasteiger partial charge in [-0.1, -0.05) is 20.8 Å². The van der Waals surface area contributed by atoms with E-state index >= 15 is 0 Å². The topological polar surface area (TPSA) is 77.6 Å². The van der Waals surface area contributed by atoms with Crippen molar-refractivity contribution >= 4 is 19.8 Å². The van der Waals surface area contributed by atoms with Crippen LogP contribution in [-0.4, -0.2) is 36.2 Å². The van der Waals surface area contributed by atoms with Crippen molar-refractivity contribution < 1.29 is 14.3 Å². The number of aromatic nitrogens is 1. The number of hydrogen-bond acceptors (Lipinski definition) is 5. The van der Waals surface area contributed by atoms with E-state index in [4.69, 9.17) is 14.9 Å². The van der Waals surface area contributed by atoms with Gasteiger partial charge in [0.25, 0.3) is 0 Å². The van der Waals surface area contributed by atoms with E-state index in [-0.39, 0.29) is 5.04 Å². The predicted octanol–water partition coefficient (Wildman–Crippen LogP) is 3.56. The molecule has 0 fully saturated rings. The molecular formula is C18H30N2O3Si. The summed E-state index contributed by atoms with van der Waals surface area (Å²) >= 11 is 0. The van der Waals surface area contributed by atoms with Crippen molar-refractivity contribution in [3.8, 4) is 0 Å². The Hall–Kier alpha value is -1.37. The van der Waals surface area contributed by atoms with E-state index in [9.17, 15) is 5.11 Å². The number of hydrogen-bond donors (Lipinski definition) is 2. The number of nitrogen functional groups attached to an aromatic ring is 1. The molecule has 24 heavy (non-hydrogen) atoms. The monoisotopic (exact) mass is 350 g/mol. The van der Waals surface area contributed by atoms with Gasteiger partial charge in [0.05, 0.1) is 18.0 Å². The fraction of sp³-hybridized carbons (Fsp3) is 0.611. The molecule has 1 aliphatic rings. The fourth-order valence-corrected chi connectivity index (χ4v) is 3.61. The Balaban J connectivity index is 2.43. The maximum Gasteiger partial charge on any atom is 0.193 e. The first kappa shape index (κ1) is 19.0. The molecule has 0 saturated heterocycles. The molecule has 3 N–H and O–H groups in total. The molecule has 0 spiro atoms. The number of nitrogens with zero attached hydrogens (tertiary/aromatic N) is 1. The zero-order valence-corrected chi connectivity index (χ0v) is 16.8. The Morgan fingerprint density at radius 1 is 1.38 bits per heavy atom. The highest BCUT2D eigenvalue weighted by Crippen LogP contribution is 2.42. The van der Waals surface area contributed by atoms with E-state index in [1.54, 1.807) is 19.3 Å². The third-order valence-corrected chi connectivity index (χ3v) is 9.81. The average Bonchev–Trinajstić information content (AvgIpc) is 2.43. The molecular weight excluding hydrogens is 320 g/mol. The fourth-order valence-electron chi connectivity index (χ4n) is 2.32. The highest BCUT2D eigenvalue weighted by Gasteiger charge is 2.48. The Morgan fingerprint density at radius 2 is 2.00 bits per heavy atom. The van der Waals surface area contributed by atoms with Crippen LogP contribution in [0.15, 0.2) is 24.5 Å². The zero-order chi connectivity index (χ0) is 18.3. The van der Waals surface area contributed by atoms with Gasteiger partial charge in [-0.3, -0.25) is 4.98 Å². The molecule has 3 unspecified atom stereocenters. The second-order valence-electron chi connectivity index (χ2n) is 8.28. The first-order valence-corrected chi connectivity index (χ1v) is 11.3. The molecule has 5 nitrogen and oxygen atoms in total. The van der Waals surface area contributed by atoms with E-state index < -0.39 is 26.1 Å². The number of aliphatic hydroxyl groups is 1. The minimum absolute atomic E-state index is 0.0499. The van der Waals surface area contributed by atoms with Crippen molar-refractivity contribution in [2.24, 2.45) is 0 Å². The van der Waals surface area contributed by atoms with Crippen LogP contribution in [0.3, 0.4) is 0 Å². The van der Waals surface area contributed by atoms with Gasteiger partial charge in [0.2, 0.25) is 0 Å². The highest BCUT2D eigenvalue weighted by molar-refractivity contribution is 6.74. The predicted molar refractivity (Wildman–Crippen MR) is 99.9 cm³/mol. The molecule has 0 aliphatic carbocycles. The number of nitrogens with two attached hydrogens (primary N) is 1. The molecule has 0 radical (unpaired) electrons. The van der Waals surface area contributed by atoms with Gasteiger partial charge in [0, 0.05) is 11.8 Å². The largest absolute Gasteiger partial charge is 0.487 e. The molecule has 3 atom stereocenters. The quantitative estimate of drug-likeness (QED) is 0.815. The first-order chi connectivity index (χ1) is 10.9. The lowest BCUT2D eigenvalue weighted by Gasteiger charge is -2.46. The third kappa shape index (κ3) is 3.50. The van der Waals surface area contributed by atoms with Crippen LogP contribution in [0, 0.1) is 0 Å². The smallest absolute Gasteiger partial charge is 0.193 e. The molecule has 0 aromatic carbocycles. The highest BCUT2D eigenvalue weighted by atomic mass is 28.4. The van der Waals surface area contributed by atoms with Crippen molar-refractivity contribution in [1.82, 2.24) is 4.98 Å². The van der Waals surface area contributed by atoms with Gasteiger partial charge in [-0.2, -0.15) is 0 Å². The van der Waals surface area contributed by atoms with Gasteiger partial charge in [-0.15, -0.1) is 0 Å². The van der Waals surface area contributed by atoms with Gasteiger partial charge in [-0.25, -0.2) is 0 Å². The summed E-state index contributed by atoms with van der Waals surface area (Å²) in [6.07, 6.45) is 4.26. The van der Waals surface area contributed by atoms with Crippen LogP contribution in [0.25, 0.3) is 5.76 Å². The standard InChI is InChI=1S/C18H30N2O3Si/c1-12-18(5,21)16(23-24(6,7)17(2,3)4)10-15(22-12)13-8-9-20-11-14(13)19/h8-12,16,21H,19H2,1-7H3. The molecule has 0 amide bonds. The van der Waals surface area contributed by atoms with Crippen molar-refractivity contribution in [2.75, 3.05) is 5.73 Å². The van der Waals surface area contributed by atoms with Crippen molar-refractivity contribution in [3.63, 3.8) is 0 Å². The van der Waals surface area contributed by atoms with Gasteiger partial charge < -0.3 is 20.0 Å². The summed E-state index contributed by atoms with van der Waals surface area (Å²) in [5, 5.41) is 11.0. The normalized spacial score (nSPS) is 28.2. The van der Waals surface area contributed by atoms with Crippen molar-refractivity contribution in [2.45, 2.75) is 70.6 Å². The van der Waals surface area contributed by atoms with Gasteiger partial charge in [0.1, 0.15) is 17.5 Å². The van der Waals surface area contributed by atoms with E-state index in [1.807, 2.05) is 19.1 Å². The van der Waals surface area contributed by atoms with Gasteiger partial charge in [0.15, 0.2) is 8.32 Å². The molecule has 0 bridgehead atoms. The maximum absolute atomic E-state index is 10.9. The number of anilines is 1. The number of ether oxygens (including phenoxy) is 1. The minimum atomic E-state index is -2.06. The van der Waals surface area contributed by atoms with Crippen LogP contribution in [0.2, 0.25) is 18.1 Å². The summed E-state index contributed by atoms with van der Waals surface area (Å²) in [6, 6.07) is 1.82. The molecule has 1 aliphatic heterocycles. The molecule has 1 aromatic heterocycles. The first-order valence-electron chi connectivity index (χ1n) is 8.35. The van der Waals surface area contributed by atoms with Crippen LogP contribution in [0.5, 0.6) is 0 Å². The summed E-state index contributed by atoms with van der Waals surface area (Å²) in [5.41, 5.74) is 6.24. The lowest BCUT2D eigenvalue weighted by molar-refractivity contribution is -0.116. The molecule has 6 heteroatoms.